The van der Waals surface area contributed by atoms with Crippen LogP contribution in [0.3, 0.4) is 0 Å². The fourth-order valence-electron chi connectivity index (χ4n) is 2.58. The lowest BCUT2D eigenvalue weighted by Crippen LogP contribution is -2.27. The molecule has 0 bridgehead atoms. The molecule has 1 saturated carbocycles. The Kier molecular flexibility index (Phi) is 5.43. The molecule has 20 heavy (non-hydrogen) atoms. The van der Waals surface area contributed by atoms with Gasteiger partial charge in [0.25, 0.3) is 0 Å². The van der Waals surface area contributed by atoms with Gasteiger partial charge in [0, 0.05) is 6.54 Å². The molecule has 1 atom stereocenters. The molecule has 0 amide bonds. The lowest BCUT2D eigenvalue weighted by Gasteiger charge is -2.21. The van der Waals surface area contributed by atoms with Crippen molar-refractivity contribution in [3.8, 4) is 5.75 Å². The van der Waals surface area contributed by atoms with E-state index in [0.29, 0.717) is 6.04 Å². The third-order valence-electron chi connectivity index (χ3n) is 3.87. The number of aromatic nitrogens is 2. The van der Waals surface area contributed by atoms with Crippen molar-refractivity contribution in [3.05, 3.63) is 11.9 Å². The molecule has 0 aliphatic heterocycles. The molecule has 0 saturated heterocycles. The van der Waals surface area contributed by atoms with Crippen LogP contribution < -0.4 is 10.1 Å². The first-order valence-corrected chi connectivity index (χ1v) is 7.63. The quantitative estimate of drug-likeness (QED) is 0.750. The summed E-state index contributed by atoms with van der Waals surface area (Å²) >= 11 is 0. The van der Waals surface area contributed by atoms with E-state index in [1.54, 1.807) is 7.11 Å². The summed E-state index contributed by atoms with van der Waals surface area (Å²) in [4.78, 5) is 2.18. The molecule has 0 radical (unpaired) electrons. The van der Waals surface area contributed by atoms with Gasteiger partial charge >= 0.3 is 0 Å². The molecule has 2 rings (SSSR count). The zero-order valence-electron chi connectivity index (χ0n) is 13.2. The lowest BCUT2D eigenvalue weighted by molar-refractivity contribution is 0.348. The van der Waals surface area contributed by atoms with Crippen LogP contribution in [0.2, 0.25) is 0 Å². The minimum absolute atomic E-state index is 0.354. The van der Waals surface area contributed by atoms with E-state index in [1.807, 2.05) is 6.20 Å². The lowest BCUT2D eigenvalue weighted by atomic mass is 10.1. The molecular formula is C15H28N4O. The molecule has 0 spiro atoms. The first kappa shape index (κ1) is 15.3. The average Bonchev–Trinajstić information content (AvgIpc) is 3.13. The van der Waals surface area contributed by atoms with Crippen molar-refractivity contribution in [2.24, 2.45) is 5.92 Å². The van der Waals surface area contributed by atoms with Crippen molar-refractivity contribution >= 4 is 0 Å². The van der Waals surface area contributed by atoms with E-state index in [9.17, 15) is 0 Å². The first-order chi connectivity index (χ1) is 9.65. The molecule has 1 unspecified atom stereocenters. The molecule has 5 nitrogen and oxygen atoms in total. The van der Waals surface area contributed by atoms with E-state index in [1.165, 1.54) is 25.0 Å². The monoisotopic (exact) mass is 280 g/mol. The molecule has 1 fully saturated rings. The van der Waals surface area contributed by atoms with Crippen molar-refractivity contribution in [1.29, 1.82) is 0 Å². The molecule has 0 aromatic carbocycles. The van der Waals surface area contributed by atoms with Gasteiger partial charge in [0.05, 0.1) is 31.6 Å². The molecule has 114 valence electrons. The van der Waals surface area contributed by atoms with Gasteiger partial charge in [-0.3, -0.25) is 4.68 Å². The number of nitrogens with zero attached hydrogens (tertiary/aromatic N) is 3. The van der Waals surface area contributed by atoms with Gasteiger partial charge in [-0.1, -0.05) is 19.8 Å². The standard InChI is InChI=1S/C15H28N4O/c1-5-16-13(10-12-6-7-12)15-14(20-4)11-17-19(15)9-8-18(2)3/h11-13,16H,5-10H2,1-4H3. The number of likely N-dealkylation sites (N-methyl/N-ethyl adjacent to an activating group) is 1. The second-order valence-electron chi connectivity index (χ2n) is 5.91. The van der Waals surface area contributed by atoms with Gasteiger partial charge in [0.2, 0.25) is 0 Å². The fourth-order valence-corrected chi connectivity index (χ4v) is 2.58. The van der Waals surface area contributed by atoms with Gasteiger partial charge in [0.15, 0.2) is 5.75 Å². The summed E-state index contributed by atoms with van der Waals surface area (Å²) in [6, 6.07) is 0.354. The Labute approximate surface area is 122 Å². The van der Waals surface area contributed by atoms with E-state index in [-0.39, 0.29) is 0 Å². The van der Waals surface area contributed by atoms with Crippen LogP contribution in [-0.2, 0) is 6.54 Å². The summed E-state index contributed by atoms with van der Waals surface area (Å²) < 4.78 is 7.63. The normalized spacial score (nSPS) is 16.6. The Morgan fingerprint density at radius 2 is 2.25 bits per heavy atom. The SMILES string of the molecule is CCNC(CC1CC1)c1c(OC)cnn1CCN(C)C. The van der Waals surface area contributed by atoms with Gasteiger partial charge < -0.3 is 15.0 Å². The van der Waals surface area contributed by atoms with Crippen molar-refractivity contribution in [2.75, 3.05) is 34.3 Å². The maximum atomic E-state index is 5.53. The molecule has 1 N–H and O–H groups in total. The third kappa shape index (κ3) is 3.96. The topological polar surface area (TPSA) is 42.3 Å². The zero-order chi connectivity index (χ0) is 14.5. The minimum Gasteiger partial charge on any atom is -0.493 e. The van der Waals surface area contributed by atoms with E-state index >= 15 is 0 Å². The fraction of sp³-hybridized carbons (Fsp3) is 0.800. The highest BCUT2D eigenvalue weighted by molar-refractivity contribution is 5.28. The summed E-state index contributed by atoms with van der Waals surface area (Å²) in [5.74, 6) is 1.79. The zero-order valence-corrected chi connectivity index (χ0v) is 13.2. The summed E-state index contributed by atoms with van der Waals surface area (Å²) in [6.45, 7) is 5.02. The number of methoxy groups -OCH3 is 1. The Bertz CT molecular complexity index is 412. The Balaban J connectivity index is 2.17. The van der Waals surface area contributed by atoms with Crippen LogP contribution in [0.25, 0.3) is 0 Å². The Morgan fingerprint density at radius 1 is 1.50 bits per heavy atom. The predicted molar refractivity (Wildman–Crippen MR) is 81.1 cm³/mol. The highest BCUT2D eigenvalue weighted by Crippen LogP contribution is 2.39. The predicted octanol–water partition coefficient (Wildman–Crippen LogP) is 1.90. The number of rotatable bonds is 9. The molecule has 5 heteroatoms. The van der Waals surface area contributed by atoms with Gasteiger partial charge in [-0.2, -0.15) is 5.10 Å². The number of nitrogens with one attached hydrogen (secondary N) is 1. The number of hydrogen-bond acceptors (Lipinski definition) is 4. The van der Waals surface area contributed by atoms with Crippen molar-refractivity contribution < 1.29 is 4.74 Å². The van der Waals surface area contributed by atoms with Gasteiger partial charge in [-0.25, -0.2) is 0 Å². The van der Waals surface area contributed by atoms with Crippen molar-refractivity contribution in [2.45, 2.75) is 38.8 Å². The smallest absolute Gasteiger partial charge is 0.161 e. The van der Waals surface area contributed by atoms with Crippen LogP contribution in [0.4, 0.5) is 0 Å². The van der Waals surface area contributed by atoms with Crippen LogP contribution >= 0.6 is 0 Å². The summed E-state index contributed by atoms with van der Waals surface area (Å²) in [6.07, 6.45) is 5.78. The van der Waals surface area contributed by atoms with Gasteiger partial charge in [-0.05, 0) is 33.0 Å². The molecule has 1 aromatic heterocycles. The minimum atomic E-state index is 0.354. The van der Waals surface area contributed by atoms with E-state index < -0.39 is 0 Å². The molecule has 1 heterocycles. The molecule has 1 aliphatic rings. The van der Waals surface area contributed by atoms with Crippen LogP contribution in [-0.4, -0.2) is 49.0 Å². The van der Waals surface area contributed by atoms with Crippen LogP contribution in [0.1, 0.15) is 37.9 Å². The highest BCUT2D eigenvalue weighted by atomic mass is 16.5. The molecular weight excluding hydrogens is 252 g/mol. The Morgan fingerprint density at radius 3 is 2.80 bits per heavy atom. The third-order valence-corrected chi connectivity index (χ3v) is 3.87. The van der Waals surface area contributed by atoms with E-state index in [0.717, 1.165) is 31.3 Å². The van der Waals surface area contributed by atoms with E-state index in [2.05, 4.69) is 41.0 Å². The maximum absolute atomic E-state index is 5.53. The van der Waals surface area contributed by atoms with E-state index in [4.69, 9.17) is 4.74 Å². The van der Waals surface area contributed by atoms with Crippen LogP contribution in [0.5, 0.6) is 5.75 Å². The van der Waals surface area contributed by atoms with Gasteiger partial charge in [-0.15, -0.1) is 0 Å². The summed E-state index contributed by atoms with van der Waals surface area (Å²) in [7, 11) is 5.91. The van der Waals surface area contributed by atoms with Crippen molar-refractivity contribution in [1.82, 2.24) is 20.0 Å². The average molecular weight is 280 g/mol. The number of hydrogen-bond donors (Lipinski definition) is 1. The van der Waals surface area contributed by atoms with Crippen molar-refractivity contribution in [3.63, 3.8) is 0 Å². The Hall–Kier alpha value is -1.07. The van der Waals surface area contributed by atoms with Crippen LogP contribution in [0, 0.1) is 5.92 Å². The number of ether oxygens (including phenoxy) is 1. The molecule has 1 aliphatic carbocycles. The maximum Gasteiger partial charge on any atom is 0.161 e. The first-order valence-electron chi connectivity index (χ1n) is 7.63. The second kappa shape index (κ2) is 7.09. The highest BCUT2D eigenvalue weighted by Gasteiger charge is 2.29. The van der Waals surface area contributed by atoms with Crippen LogP contribution in [0.15, 0.2) is 6.20 Å². The largest absolute Gasteiger partial charge is 0.493 e. The summed E-state index contributed by atoms with van der Waals surface area (Å²) in [5.41, 5.74) is 1.21. The second-order valence-corrected chi connectivity index (χ2v) is 5.91. The summed E-state index contributed by atoms with van der Waals surface area (Å²) in [5, 5.41) is 8.12. The molecule has 1 aromatic rings. The van der Waals surface area contributed by atoms with Gasteiger partial charge in [0.1, 0.15) is 0 Å².